The van der Waals surface area contributed by atoms with E-state index in [0.717, 1.165) is 5.69 Å². The minimum absolute atomic E-state index is 0.431. The Morgan fingerprint density at radius 1 is 0.688 bits per heavy atom. The molecule has 6 heteroatoms. The first kappa shape index (κ1) is 21.2. The zero-order valence-electron chi connectivity index (χ0n) is 17.2. The average Bonchev–Trinajstić information content (AvgIpc) is 2.84. The van der Waals surface area contributed by atoms with Gasteiger partial charge < -0.3 is 14.4 Å². The van der Waals surface area contributed by atoms with Gasteiger partial charge >= 0.3 is 7.60 Å². The monoisotopic (exact) mass is 440 g/mol. The Labute approximate surface area is 187 Å². The Kier molecular flexibility index (Phi) is 6.55. The van der Waals surface area contributed by atoms with Crippen LogP contribution in [-0.2, 0) is 4.57 Å². The van der Waals surface area contributed by atoms with Gasteiger partial charge in [-0.2, -0.15) is 5.26 Å². The largest absolute Gasteiger partial charge is 0.457 e. The first-order chi connectivity index (χ1) is 15.7. The second-order valence-electron chi connectivity index (χ2n) is 7.00. The van der Waals surface area contributed by atoms with E-state index < -0.39 is 13.4 Å². The second-order valence-corrected chi connectivity index (χ2v) is 8.96. The molecule has 0 saturated carbocycles. The fraction of sp³-hybridized carbons (Fsp3) is 0.0385. The topological polar surface area (TPSA) is 71.4 Å². The van der Waals surface area contributed by atoms with Crippen LogP contribution < -0.4 is 14.4 Å². The van der Waals surface area contributed by atoms with E-state index in [9.17, 15) is 9.83 Å². The maximum atomic E-state index is 14.4. The molecule has 0 aliphatic rings. The Hall–Kier alpha value is -4.00. The maximum Gasteiger partial charge on any atom is 0.457 e. The molecule has 0 amide bonds. The van der Waals surface area contributed by atoms with Crippen molar-refractivity contribution in [1.82, 2.24) is 0 Å². The molecule has 0 aliphatic heterocycles. The van der Waals surface area contributed by atoms with Crippen LogP contribution in [0.2, 0.25) is 0 Å². The summed E-state index contributed by atoms with van der Waals surface area (Å²) in [4.78, 5) is 0. The third kappa shape index (κ3) is 5.18. The standard InChI is InChI=1S/C26H21N2O3P/c27-20-21-16-18-22(19-17-21)26(28-23-10-4-1-5-11-23)32(29,30-24-12-6-2-7-13-24)31-25-14-8-3-9-15-25/h1-19,26,28H. The van der Waals surface area contributed by atoms with Crippen molar-refractivity contribution < 1.29 is 13.6 Å². The Bertz CT molecular complexity index is 1180. The van der Waals surface area contributed by atoms with Crippen LogP contribution in [0.4, 0.5) is 5.69 Å². The molecule has 0 heterocycles. The lowest BCUT2D eigenvalue weighted by Gasteiger charge is -2.29. The van der Waals surface area contributed by atoms with Crippen LogP contribution in [0.25, 0.3) is 0 Å². The van der Waals surface area contributed by atoms with Crippen LogP contribution in [-0.4, -0.2) is 0 Å². The number of benzene rings is 4. The van der Waals surface area contributed by atoms with Crippen molar-refractivity contribution in [1.29, 1.82) is 5.26 Å². The van der Waals surface area contributed by atoms with Gasteiger partial charge in [0.2, 0.25) is 0 Å². The summed E-state index contributed by atoms with van der Waals surface area (Å²) >= 11 is 0. The van der Waals surface area contributed by atoms with Gasteiger partial charge in [0.15, 0.2) is 5.78 Å². The van der Waals surface area contributed by atoms with Gasteiger partial charge in [-0.25, -0.2) is 4.57 Å². The molecule has 1 N–H and O–H groups in total. The van der Waals surface area contributed by atoms with Crippen molar-refractivity contribution in [2.45, 2.75) is 5.78 Å². The van der Waals surface area contributed by atoms with Crippen LogP contribution >= 0.6 is 7.60 Å². The fourth-order valence-electron chi connectivity index (χ4n) is 3.16. The molecule has 1 unspecified atom stereocenters. The van der Waals surface area contributed by atoms with Crippen molar-refractivity contribution in [3.05, 3.63) is 126 Å². The number of hydrogen-bond donors (Lipinski definition) is 1. The normalized spacial score (nSPS) is 11.7. The summed E-state index contributed by atoms with van der Waals surface area (Å²) < 4.78 is 26.6. The lowest BCUT2D eigenvalue weighted by Crippen LogP contribution is -2.18. The van der Waals surface area contributed by atoms with Gasteiger partial charge in [-0.1, -0.05) is 66.7 Å². The summed E-state index contributed by atoms with van der Waals surface area (Å²) in [5, 5.41) is 12.5. The first-order valence-electron chi connectivity index (χ1n) is 10.1. The molecular formula is C26H21N2O3P. The predicted octanol–water partition coefficient (Wildman–Crippen LogP) is 7.02. The Balaban J connectivity index is 1.80. The molecule has 1 atom stereocenters. The second kappa shape index (κ2) is 9.87. The summed E-state index contributed by atoms with van der Waals surface area (Å²) in [5.74, 6) is 0.0265. The van der Waals surface area contributed by atoms with Gasteiger partial charge in [0, 0.05) is 5.69 Å². The van der Waals surface area contributed by atoms with E-state index in [-0.39, 0.29) is 0 Å². The van der Waals surface area contributed by atoms with Gasteiger partial charge in [-0.05, 0) is 54.1 Å². The third-order valence-corrected chi connectivity index (χ3v) is 6.69. The number of para-hydroxylation sites is 3. The van der Waals surface area contributed by atoms with Crippen LogP contribution in [0.15, 0.2) is 115 Å². The lowest BCUT2D eigenvalue weighted by atomic mass is 10.1. The number of hydrogen-bond acceptors (Lipinski definition) is 5. The van der Waals surface area contributed by atoms with Crippen LogP contribution in [0.1, 0.15) is 16.9 Å². The van der Waals surface area contributed by atoms with E-state index >= 15 is 0 Å². The summed E-state index contributed by atoms with van der Waals surface area (Å²) in [6, 6.07) is 36.3. The van der Waals surface area contributed by atoms with E-state index in [2.05, 4.69) is 11.4 Å². The van der Waals surface area contributed by atoms with Gasteiger partial charge in [0.1, 0.15) is 11.5 Å². The van der Waals surface area contributed by atoms with Crippen molar-refractivity contribution in [2.75, 3.05) is 5.32 Å². The van der Waals surface area contributed by atoms with Crippen molar-refractivity contribution in [2.24, 2.45) is 0 Å². The van der Waals surface area contributed by atoms with E-state index in [1.54, 1.807) is 48.5 Å². The minimum Gasteiger partial charge on any atom is -0.414 e. The molecule has 5 nitrogen and oxygen atoms in total. The van der Waals surface area contributed by atoms with Crippen molar-refractivity contribution in [3.63, 3.8) is 0 Å². The molecular weight excluding hydrogens is 419 g/mol. The van der Waals surface area contributed by atoms with E-state index in [0.29, 0.717) is 22.6 Å². The highest BCUT2D eigenvalue weighted by Crippen LogP contribution is 2.60. The quantitative estimate of drug-likeness (QED) is 0.298. The summed E-state index contributed by atoms with van der Waals surface area (Å²) in [6.45, 7) is 0. The predicted molar refractivity (Wildman–Crippen MR) is 126 cm³/mol. The first-order valence-corrected chi connectivity index (χ1v) is 11.7. The third-order valence-electron chi connectivity index (χ3n) is 4.70. The van der Waals surface area contributed by atoms with Crippen LogP contribution in [0, 0.1) is 11.3 Å². The van der Waals surface area contributed by atoms with Gasteiger partial charge in [-0.15, -0.1) is 0 Å². The number of rotatable bonds is 8. The molecule has 0 aliphatic carbocycles. The van der Waals surface area contributed by atoms with Crippen LogP contribution in [0.5, 0.6) is 11.5 Å². The molecule has 0 saturated heterocycles. The molecule has 0 radical (unpaired) electrons. The van der Waals surface area contributed by atoms with Crippen LogP contribution in [0.3, 0.4) is 0 Å². The maximum absolute atomic E-state index is 14.4. The number of nitriles is 1. The Morgan fingerprint density at radius 2 is 1.16 bits per heavy atom. The highest BCUT2D eigenvalue weighted by atomic mass is 31.2. The molecule has 4 rings (SSSR count). The number of nitrogens with zero attached hydrogens (tertiary/aromatic N) is 1. The molecule has 4 aromatic rings. The summed E-state index contributed by atoms with van der Waals surface area (Å²) in [5.41, 5.74) is 1.94. The number of anilines is 1. The Morgan fingerprint density at radius 3 is 1.62 bits per heavy atom. The van der Waals surface area contributed by atoms with Gasteiger partial charge in [0.25, 0.3) is 0 Å². The SMILES string of the molecule is N#Cc1ccc(C(Nc2ccccc2)P(=O)(Oc2ccccc2)Oc2ccccc2)cc1. The summed E-state index contributed by atoms with van der Waals surface area (Å²) in [6.07, 6.45) is 0. The lowest BCUT2D eigenvalue weighted by molar-refractivity contribution is 0.376. The summed E-state index contributed by atoms with van der Waals surface area (Å²) in [7, 11) is -3.88. The minimum atomic E-state index is -3.88. The molecule has 0 aromatic heterocycles. The van der Waals surface area contributed by atoms with Gasteiger partial charge in [-0.3, -0.25) is 0 Å². The molecule has 158 valence electrons. The zero-order chi connectivity index (χ0) is 22.2. The van der Waals surface area contributed by atoms with E-state index in [1.807, 2.05) is 66.7 Å². The fourth-order valence-corrected chi connectivity index (χ4v) is 5.08. The van der Waals surface area contributed by atoms with E-state index in [1.165, 1.54) is 0 Å². The van der Waals surface area contributed by atoms with Crippen molar-refractivity contribution in [3.8, 4) is 17.6 Å². The van der Waals surface area contributed by atoms with Crippen molar-refractivity contribution >= 4 is 13.3 Å². The molecule has 4 aromatic carbocycles. The van der Waals surface area contributed by atoms with Gasteiger partial charge in [0.05, 0.1) is 11.6 Å². The highest BCUT2D eigenvalue weighted by molar-refractivity contribution is 7.55. The van der Waals surface area contributed by atoms with E-state index in [4.69, 9.17) is 9.05 Å². The molecule has 0 spiro atoms. The number of nitrogens with one attached hydrogen (secondary N) is 1. The molecule has 0 fully saturated rings. The zero-order valence-corrected chi connectivity index (χ0v) is 18.1. The smallest absolute Gasteiger partial charge is 0.414 e. The average molecular weight is 440 g/mol. The molecule has 32 heavy (non-hydrogen) atoms. The molecule has 0 bridgehead atoms. The highest BCUT2D eigenvalue weighted by Gasteiger charge is 2.41.